The van der Waals surface area contributed by atoms with Gasteiger partial charge in [-0.15, -0.1) is 0 Å². The zero-order valence-corrected chi connectivity index (χ0v) is 12.2. The Kier molecular flexibility index (Phi) is 4.93. The second kappa shape index (κ2) is 6.69. The Labute approximate surface area is 124 Å². The lowest BCUT2D eigenvalue weighted by molar-refractivity contribution is -0.139. The van der Waals surface area contributed by atoms with Gasteiger partial charge in [0.1, 0.15) is 6.04 Å². The first-order valence-corrected chi connectivity index (χ1v) is 7.02. The van der Waals surface area contributed by atoms with Gasteiger partial charge in [-0.25, -0.2) is 0 Å². The Balaban J connectivity index is 1.92. The molecule has 1 aliphatic rings. The number of aryl methyl sites for hydroxylation is 1. The largest absolute Gasteiger partial charge is 0.480 e. The van der Waals surface area contributed by atoms with Crippen molar-refractivity contribution in [3.05, 3.63) is 35.4 Å². The highest BCUT2D eigenvalue weighted by atomic mass is 16.4. The van der Waals surface area contributed by atoms with Gasteiger partial charge in [0.2, 0.25) is 5.91 Å². The van der Waals surface area contributed by atoms with Crippen LogP contribution in [0.1, 0.15) is 17.2 Å². The van der Waals surface area contributed by atoms with Gasteiger partial charge in [-0.05, 0) is 12.5 Å². The molecular weight excluding hydrogens is 270 g/mol. The summed E-state index contributed by atoms with van der Waals surface area (Å²) in [6.07, 6.45) is 0. The molecule has 0 spiro atoms. The highest BCUT2D eigenvalue weighted by molar-refractivity contribution is 5.83. The number of amides is 1. The molecule has 1 saturated heterocycles. The smallest absolute Gasteiger partial charge is 0.317 e. The minimum Gasteiger partial charge on any atom is -0.480 e. The van der Waals surface area contributed by atoms with E-state index in [4.69, 9.17) is 10.8 Å². The second-order valence-corrected chi connectivity index (χ2v) is 5.38. The molecule has 0 aliphatic carbocycles. The zero-order chi connectivity index (χ0) is 15.4. The summed E-state index contributed by atoms with van der Waals surface area (Å²) < 4.78 is 0. The second-order valence-electron chi connectivity index (χ2n) is 5.38. The third-order valence-corrected chi connectivity index (χ3v) is 3.75. The van der Waals surface area contributed by atoms with E-state index in [1.54, 1.807) is 4.90 Å². The van der Waals surface area contributed by atoms with E-state index in [9.17, 15) is 9.59 Å². The molecule has 21 heavy (non-hydrogen) atoms. The van der Waals surface area contributed by atoms with Crippen molar-refractivity contribution in [3.8, 4) is 0 Å². The van der Waals surface area contributed by atoms with E-state index < -0.39 is 12.0 Å². The molecule has 0 saturated carbocycles. The summed E-state index contributed by atoms with van der Waals surface area (Å²) in [7, 11) is 0. The first kappa shape index (κ1) is 15.5. The maximum absolute atomic E-state index is 12.4. The standard InChI is InChI=1S/C15H21N3O3/c1-11-2-4-12(5-3-11)14(16)15(21)18-8-6-17(7-9-18)10-13(19)20/h2-5,14H,6-10,16H2,1H3,(H,19,20). The molecule has 114 valence electrons. The average Bonchev–Trinajstić information content (AvgIpc) is 2.47. The molecule has 2 rings (SSSR count). The van der Waals surface area contributed by atoms with Crippen LogP contribution in [-0.4, -0.2) is 59.5 Å². The van der Waals surface area contributed by atoms with E-state index in [-0.39, 0.29) is 12.5 Å². The van der Waals surface area contributed by atoms with Gasteiger partial charge in [0.15, 0.2) is 0 Å². The van der Waals surface area contributed by atoms with Crippen LogP contribution in [-0.2, 0) is 9.59 Å². The van der Waals surface area contributed by atoms with E-state index in [1.165, 1.54) is 0 Å². The van der Waals surface area contributed by atoms with Crippen LogP contribution in [0.5, 0.6) is 0 Å². The fourth-order valence-corrected chi connectivity index (χ4v) is 2.43. The predicted octanol–water partition coefficient (Wildman–Crippen LogP) is 0.224. The van der Waals surface area contributed by atoms with Crippen LogP contribution in [0.25, 0.3) is 0 Å². The molecule has 1 unspecified atom stereocenters. The zero-order valence-electron chi connectivity index (χ0n) is 12.2. The molecule has 1 fully saturated rings. The minimum atomic E-state index is -0.842. The third kappa shape index (κ3) is 4.03. The molecule has 1 aromatic rings. The molecule has 0 aromatic heterocycles. The monoisotopic (exact) mass is 291 g/mol. The normalized spacial score (nSPS) is 17.5. The van der Waals surface area contributed by atoms with Gasteiger partial charge in [0.05, 0.1) is 6.54 Å². The van der Waals surface area contributed by atoms with Crippen LogP contribution in [0.15, 0.2) is 24.3 Å². The third-order valence-electron chi connectivity index (χ3n) is 3.75. The number of carbonyl (C=O) groups excluding carboxylic acids is 1. The highest BCUT2D eigenvalue weighted by Gasteiger charge is 2.26. The Morgan fingerprint density at radius 3 is 2.29 bits per heavy atom. The van der Waals surface area contributed by atoms with Gasteiger partial charge >= 0.3 is 5.97 Å². The summed E-state index contributed by atoms with van der Waals surface area (Å²) in [6.45, 7) is 4.18. The van der Waals surface area contributed by atoms with Crippen LogP contribution < -0.4 is 5.73 Å². The van der Waals surface area contributed by atoms with E-state index in [0.29, 0.717) is 26.2 Å². The van der Waals surface area contributed by atoms with Crippen molar-refractivity contribution in [2.24, 2.45) is 5.73 Å². The number of benzene rings is 1. The van der Waals surface area contributed by atoms with Gasteiger partial charge in [-0.1, -0.05) is 29.8 Å². The highest BCUT2D eigenvalue weighted by Crippen LogP contribution is 2.15. The Hall–Kier alpha value is -1.92. The molecule has 1 aliphatic heterocycles. The lowest BCUT2D eigenvalue weighted by Crippen LogP contribution is -2.51. The fourth-order valence-electron chi connectivity index (χ4n) is 2.43. The Morgan fingerprint density at radius 1 is 1.19 bits per heavy atom. The number of carboxylic acid groups (broad SMARTS) is 1. The average molecular weight is 291 g/mol. The SMILES string of the molecule is Cc1ccc(C(N)C(=O)N2CCN(CC(=O)O)CC2)cc1. The summed E-state index contributed by atoms with van der Waals surface area (Å²) >= 11 is 0. The van der Waals surface area contributed by atoms with Gasteiger partial charge in [-0.2, -0.15) is 0 Å². The van der Waals surface area contributed by atoms with Gasteiger partial charge in [0, 0.05) is 26.2 Å². The molecule has 3 N–H and O–H groups in total. The number of piperazine rings is 1. The number of rotatable bonds is 4. The van der Waals surface area contributed by atoms with Crippen molar-refractivity contribution in [2.75, 3.05) is 32.7 Å². The number of carboxylic acids is 1. The molecule has 1 atom stereocenters. The quantitative estimate of drug-likeness (QED) is 0.829. The maximum atomic E-state index is 12.4. The van der Waals surface area contributed by atoms with Crippen LogP contribution >= 0.6 is 0 Å². The number of aliphatic carboxylic acids is 1. The van der Waals surface area contributed by atoms with E-state index in [0.717, 1.165) is 11.1 Å². The fraction of sp³-hybridized carbons (Fsp3) is 0.467. The van der Waals surface area contributed by atoms with E-state index in [2.05, 4.69) is 0 Å². The summed E-state index contributed by atoms with van der Waals surface area (Å²) in [6, 6.07) is 6.97. The molecule has 0 bridgehead atoms. The van der Waals surface area contributed by atoms with Crippen molar-refractivity contribution in [2.45, 2.75) is 13.0 Å². The first-order chi connectivity index (χ1) is 9.97. The van der Waals surface area contributed by atoms with Crippen molar-refractivity contribution >= 4 is 11.9 Å². The molecule has 1 amide bonds. The maximum Gasteiger partial charge on any atom is 0.317 e. The number of nitrogens with two attached hydrogens (primary N) is 1. The van der Waals surface area contributed by atoms with Gasteiger partial charge in [0.25, 0.3) is 0 Å². The Morgan fingerprint density at radius 2 is 1.76 bits per heavy atom. The predicted molar refractivity (Wildman–Crippen MR) is 78.8 cm³/mol. The van der Waals surface area contributed by atoms with Crippen LogP contribution in [0.3, 0.4) is 0 Å². The van der Waals surface area contributed by atoms with Crippen molar-refractivity contribution < 1.29 is 14.7 Å². The Bertz CT molecular complexity index is 507. The molecular formula is C15H21N3O3. The molecule has 1 aromatic carbocycles. The van der Waals surface area contributed by atoms with Crippen LogP contribution in [0.2, 0.25) is 0 Å². The van der Waals surface area contributed by atoms with E-state index in [1.807, 2.05) is 36.1 Å². The van der Waals surface area contributed by atoms with E-state index >= 15 is 0 Å². The molecule has 6 nitrogen and oxygen atoms in total. The lowest BCUT2D eigenvalue weighted by Gasteiger charge is -2.35. The molecule has 6 heteroatoms. The first-order valence-electron chi connectivity index (χ1n) is 7.02. The molecule has 1 heterocycles. The van der Waals surface area contributed by atoms with Crippen molar-refractivity contribution in [1.29, 1.82) is 0 Å². The van der Waals surface area contributed by atoms with Crippen molar-refractivity contribution in [1.82, 2.24) is 9.80 Å². The molecule has 0 radical (unpaired) electrons. The summed E-state index contributed by atoms with van der Waals surface area (Å²) in [5.74, 6) is -0.944. The number of nitrogens with zero attached hydrogens (tertiary/aromatic N) is 2. The minimum absolute atomic E-state index is 0.0199. The van der Waals surface area contributed by atoms with Gasteiger partial charge in [-0.3, -0.25) is 14.5 Å². The van der Waals surface area contributed by atoms with Crippen LogP contribution in [0, 0.1) is 6.92 Å². The summed E-state index contributed by atoms with van der Waals surface area (Å²) in [5.41, 5.74) is 7.97. The number of hydrogen-bond donors (Lipinski definition) is 2. The topological polar surface area (TPSA) is 86.9 Å². The number of hydrogen-bond acceptors (Lipinski definition) is 4. The lowest BCUT2D eigenvalue weighted by atomic mass is 10.0. The van der Waals surface area contributed by atoms with Gasteiger partial charge < -0.3 is 15.7 Å². The summed E-state index contributed by atoms with van der Waals surface area (Å²) in [4.78, 5) is 26.6. The number of carbonyl (C=O) groups is 2. The van der Waals surface area contributed by atoms with Crippen LogP contribution in [0.4, 0.5) is 0 Å². The summed E-state index contributed by atoms with van der Waals surface area (Å²) in [5, 5.41) is 8.76. The van der Waals surface area contributed by atoms with Crippen molar-refractivity contribution in [3.63, 3.8) is 0 Å².